The van der Waals surface area contributed by atoms with Crippen LogP contribution >= 0.6 is 0 Å². The van der Waals surface area contributed by atoms with Crippen molar-refractivity contribution in [3.8, 4) is 0 Å². The van der Waals surface area contributed by atoms with E-state index in [0.717, 1.165) is 22.4 Å². The van der Waals surface area contributed by atoms with Crippen LogP contribution in [0.15, 0.2) is 30.5 Å². The van der Waals surface area contributed by atoms with Gasteiger partial charge in [0.2, 0.25) is 5.91 Å². The molecule has 1 aromatic carbocycles. The molecule has 7 heteroatoms. The van der Waals surface area contributed by atoms with Crippen LogP contribution < -0.4 is 5.32 Å². The van der Waals surface area contributed by atoms with E-state index in [0.29, 0.717) is 6.54 Å². The fraction of sp³-hybridized carbons (Fsp3) is 0.421. The molecule has 0 bridgehead atoms. The summed E-state index contributed by atoms with van der Waals surface area (Å²) in [5.41, 5.74) is 3.88. The monoisotopic (exact) mass is 356 g/mol. The summed E-state index contributed by atoms with van der Waals surface area (Å²) in [6, 6.07) is 7.29. The second kappa shape index (κ2) is 7.29. The van der Waals surface area contributed by atoms with Gasteiger partial charge in [-0.15, -0.1) is 0 Å². The van der Waals surface area contributed by atoms with Gasteiger partial charge in [0.15, 0.2) is 6.10 Å². The van der Waals surface area contributed by atoms with Crippen LogP contribution in [0.1, 0.15) is 28.4 Å². The molecule has 3 rings (SSSR count). The summed E-state index contributed by atoms with van der Waals surface area (Å²) in [5.74, 6) is -0.369. The lowest BCUT2D eigenvalue weighted by molar-refractivity contribution is -0.162. The predicted molar refractivity (Wildman–Crippen MR) is 96.2 cm³/mol. The smallest absolute Gasteiger partial charge is 0.251 e. The fourth-order valence-electron chi connectivity index (χ4n) is 3.22. The molecule has 2 aromatic rings. The van der Waals surface area contributed by atoms with E-state index in [-0.39, 0.29) is 18.4 Å². The third-order valence-electron chi connectivity index (χ3n) is 5.04. The molecular formula is C19H24N4O3. The summed E-state index contributed by atoms with van der Waals surface area (Å²) in [7, 11) is 3.58. The van der Waals surface area contributed by atoms with Crippen LogP contribution in [-0.4, -0.2) is 46.3 Å². The number of aromatic nitrogens is 2. The summed E-state index contributed by atoms with van der Waals surface area (Å²) in [6.07, 6.45) is 0.988. The molecule has 2 amide bonds. The van der Waals surface area contributed by atoms with Gasteiger partial charge in [0.1, 0.15) is 6.61 Å². The van der Waals surface area contributed by atoms with Gasteiger partial charge < -0.3 is 15.0 Å². The maximum absolute atomic E-state index is 12.8. The first-order valence-corrected chi connectivity index (χ1v) is 8.58. The van der Waals surface area contributed by atoms with E-state index < -0.39 is 12.1 Å². The number of likely N-dealkylation sites (N-methyl/N-ethyl adjacent to an activating group) is 1. The Labute approximate surface area is 152 Å². The number of ether oxygens (including phenoxy) is 1. The quantitative estimate of drug-likeness (QED) is 0.895. The van der Waals surface area contributed by atoms with E-state index in [1.54, 1.807) is 22.8 Å². The Balaban J connectivity index is 1.81. The Morgan fingerprint density at radius 3 is 2.69 bits per heavy atom. The molecular weight excluding hydrogens is 332 g/mol. The molecule has 0 saturated carbocycles. The Morgan fingerprint density at radius 2 is 2.04 bits per heavy atom. The molecule has 0 radical (unpaired) electrons. The number of benzene rings is 1. The van der Waals surface area contributed by atoms with Crippen LogP contribution in [0.4, 0.5) is 0 Å². The minimum Gasteiger partial charge on any atom is -0.356 e. The molecule has 7 nitrogen and oxygen atoms in total. The van der Waals surface area contributed by atoms with E-state index in [2.05, 4.69) is 10.4 Å². The lowest BCUT2D eigenvalue weighted by atomic mass is 9.94. The lowest BCUT2D eigenvalue weighted by Gasteiger charge is -2.38. The summed E-state index contributed by atoms with van der Waals surface area (Å²) < 4.78 is 7.41. The topological polar surface area (TPSA) is 76.5 Å². The van der Waals surface area contributed by atoms with Crippen molar-refractivity contribution < 1.29 is 14.3 Å². The normalized spacial score (nSPS) is 20.3. The number of aryl methyl sites for hydroxylation is 2. The van der Waals surface area contributed by atoms with Gasteiger partial charge in [-0.05, 0) is 25.0 Å². The van der Waals surface area contributed by atoms with Crippen molar-refractivity contribution in [2.75, 3.05) is 13.7 Å². The van der Waals surface area contributed by atoms with Crippen LogP contribution in [0.3, 0.4) is 0 Å². The standard InChI is InChI=1S/C19H24N4O3/c1-12-7-5-6-8-15(12)17-18(26-11-16(24)22(17)3)19(25)20-9-14-10-21-23(4)13(14)2/h5-8,10,17-18H,9,11H2,1-4H3,(H,20,25)/t17-,18+/m1/s1. The number of carbonyl (C=O) groups excluding carboxylic acids is 2. The van der Waals surface area contributed by atoms with Gasteiger partial charge in [-0.2, -0.15) is 5.10 Å². The van der Waals surface area contributed by atoms with Crippen LogP contribution in [0.25, 0.3) is 0 Å². The minimum atomic E-state index is -0.754. The Kier molecular flexibility index (Phi) is 5.08. The molecule has 1 aliphatic heterocycles. The summed E-state index contributed by atoms with van der Waals surface area (Å²) in [6.45, 7) is 4.20. The van der Waals surface area contributed by atoms with Gasteiger partial charge in [-0.25, -0.2) is 0 Å². The molecule has 1 fully saturated rings. The Hall–Kier alpha value is -2.67. The second-order valence-corrected chi connectivity index (χ2v) is 6.63. The van der Waals surface area contributed by atoms with Crippen molar-refractivity contribution in [1.82, 2.24) is 20.0 Å². The largest absolute Gasteiger partial charge is 0.356 e. The molecule has 26 heavy (non-hydrogen) atoms. The van der Waals surface area contributed by atoms with Gasteiger partial charge in [-0.1, -0.05) is 24.3 Å². The number of carbonyl (C=O) groups is 2. The van der Waals surface area contributed by atoms with Gasteiger partial charge in [0.05, 0.1) is 12.2 Å². The van der Waals surface area contributed by atoms with Gasteiger partial charge >= 0.3 is 0 Å². The molecule has 2 heterocycles. The van der Waals surface area contributed by atoms with Gasteiger partial charge in [0.25, 0.3) is 5.91 Å². The third-order valence-corrected chi connectivity index (χ3v) is 5.04. The van der Waals surface area contributed by atoms with E-state index in [1.165, 1.54) is 0 Å². The molecule has 2 atom stereocenters. The van der Waals surface area contributed by atoms with Crippen LogP contribution in [0.5, 0.6) is 0 Å². The highest BCUT2D eigenvalue weighted by molar-refractivity contribution is 5.86. The van der Waals surface area contributed by atoms with Crippen LogP contribution in [0, 0.1) is 13.8 Å². The average Bonchev–Trinajstić information content (AvgIpc) is 2.94. The average molecular weight is 356 g/mol. The lowest BCUT2D eigenvalue weighted by Crippen LogP contribution is -2.53. The summed E-state index contributed by atoms with van der Waals surface area (Å²) in [4.78, 5) is 26.6. The van der Waals surface area contributed by atoms with Crippen molar-refractivity contribution in [2.24, 2.45) is 7.05 Å². The molecule has 0 aliphatic carbocycles. The molecule has 138 valence electrons. The zero-order valence-corrected chi connectivity index (χ0v) is 15.5. The number of amides is 2. The van der Waals surface area contributed by atoms with Crippen LogP contribution in [-0.2, 0) is 27.9 Å². The summed E-state index contributed by atoms with van der Waals surface area (Å²) >= 11 is 0. The molecule has 0 unspecified atom stereocenters. The summed E-state index contributed by atoms with van der Waals surface area (Å²) in [5, 5.41) is 7.11. The molecule has 1 aliphatic rings. The first-order chi connectivity index (χ1) is 12.4. The van der Waals surface area contributed by atoms with Crippen molar-refractivity contribution in [3.63, 3.8) is 0 Å². The SMILES string of the molecule is Cc1ccccc1[C@@H]1[C@@H](C(=O)NCc2cnn(C)c2C)OCC(=O)N1C. The molecule has 1 saturated heterocycles. The van der Waals surface area contributed by atoms with Gasteiger partial charge in [0, 0.05) is 31.9 Å². The highest BCUT2D eigenvalue weighted by atomic mass is 16.5. The first kappa shape index (κ1) is 18.1. The predicted octanol–water partition coefficient (Wildman–Crippen LogP) is 1.25. The van der Waals surface area contributed by atoms with Crippen molar-refractivity contribution >= 4 is 11.8 Å². The van der Waals surface area contributed by atoms with E-state index >= 15 is 0 Å². The number of rotatable bonds is 4. The number of nitrogens with zero attached hydrogens (tertiary/aromatic N) is 3. The Bertz CT molecular complexity index is 830. The Morgan fingerprint density at radius 1 is 1.31 bits per heavy atom. The van der Waals surface area contributed by atoms with E-state index in [1.807, 2.05) is 45.2 Å². The number of hydrogen-bond donors (Lipinski definition) is 1. The molecule has 1 N–H and O–H groups in total. The highest BCUT2D eigenvalue weighted by Gasteiger charge is 2.40. The van der Waals surface area contributed by atoms with Gasteiger partial charge in [-0.3, -0.25) is 14.3 Å². The van der Waals surface area contributed by atoms with Crippen molar-refractivity contribution in [1.29, 1.82) is 0 Å². The zero-order chi connectivity index (χ0) is 18.8. The molecule has 1 aromatic heterocycles. The highest BCUT2D eigenvalue weighted by Crippen LogP contribution is 2.31. The molecule has 0 spiro atoms. The van der Waals surface area contributed by atoms with E-state index in [9.17, 15) is 9.59 Å². The number of morpholine rings is 1. The third kappa shape index (κ3) is 3.35. The van der Waals surface area contributed by atoms with Crippen molar-refractivity contribution in [3.05, 3.63) is 52.8 Å². The van der Waals surface area contributed by atoms with Crippen LogP contribution in [0.2, 0.25) is 0 Å². The fourth-order valence-corrected chi connectivity index (χ4v) is 3.22. The second-order valence-electron chi connectivity index (χ2n) is 6.63. The maximum Gasteiger partial charge on any atom is 0.251 e. The zero-order valence-electron chi connectivity index (χ0n) is 15.5. The first-order valence-electron chi connectivity index (χ1n) is 8.58. The van der Waals surface area contributed by atoms with Crippen molar-refractivity contribution in [2.45, 2.75) is 32.5 Å². The number of nitrogens with one attached hydrogen (secondary N) is 1. The number of hydrogen-bond acceptors (Lipinski definition) is 4. The minimum absolute atomic E-state index is 0.0944. The van der Waals surface area contributed by atoms with E-state index in [4.69, 9.17) is 4.74 Å². The maximum atomic E-state index is 12.8.